The van der Waals surface area contributed by atoms with E-state index in [-0.39, 0.29) is 11.4 Å². The van der Waals surface area contributed by atoms with E-state index in [4.69, 9.17) is 9.36 Å². The summed E-state index contributed by atoms with van der Waals surface area (Å²) in [4.78, 5) is 28.5. The van der Waals surface area contributed by atoms with Crippen molar-refractivity contribution in [2.24, 2.45) is 5.16 Å². The first-order chi connectivity index (χ1) is 10.9. The van der Waals surface area contributed by atoms with E-state index in [1.54, 1.807) is 38.1 Å². The maximum absolute atomic E-state index is 11.9. The minimum atomic E-state index is -0.656. The van der Waals surface area contributed by atoms with E-state index in [1.165, 1.54) is 7.11 Å². The van der Waals surface area contributed by atoms with Gasteiger partial charge in [0.15, 0.2) is 0 Å². The highest BCUT2D eigenvalue weighted by molar-refractivity contribution is 6.07. The van der Waals surface area contributed by atoms with E-state index in [1.807, 2.05) is 6.92 Å². The van der Waals surface area contributed by atoms with Gasteiger partial charge in [-0.25, -0.2) is 9.59 Å². The molecule has 0 N–H and O–H groups in total. The van der Waals surface area contributed by atoms with Crippen LogP contribution in [0.5, 0.6) is 0 Å². The van der Waals surface area contributed by atoms with Crippen LogP contribution >= 0.6 is 0 Å². The molecule has 2 rings (SSSR count). The Labute approximate surface area is 132 Å². The molecule has 0 aliphatic carbocycles. The van der Waals surface area contributed by atoms with Crippen LogP contribution in [0.3, 0.4) is 0 Å². The second-order valence-corrected chi connectivity index (χ2v) is 4.88. The number of esters is 1. The molecule has 0 atom stereocenters. The molecule has 0 unspecified atom stereocenters. The van der Waals surface area contributed by atoms with Crippen LogP contribution in [-0.2, 0) is 9.57 Å². The number of aromatic nitrogens is 1. The molecule has 23 heavy (non-hydrogen) atoms. The summed E-state index contributed by atoms with van der Waals surface area (Å²) in [6.45, 7) is 5.12. The monoisotopic (exact) mass is 316 g/mol. The van der Waals surface area contributed by atoms with E-state index in [2.05, 4.69) is 15.0 Å². The van der Waals surface area contributed by atoms with Gasteiger partial charge in [-0.2, -0.15) is 0 Å². The van der Waals surface area contributed by atoms with Gasteiger partial charge >= 0.3 is 11.9 Å². The van der Waals surface area contributed by atoms with E-state index < -0.39 is 11.9 Å². The molecule has 0 aliphatic heterocycles. The average Bonchev–Trinajstić information content (AvgIpc) is 2.94. The van der Waals surface area contributed by atoms with Gasteiger partial charge in [-0.05, 0) is 32.9 Å². The van der Waals surface area contributed by atoms with Crippen LogP contribution < -0.4 is 0 Å². The fourth-order valence-electron chi connectivity index (χ4n) is 1.93. The third-order valence-electron chi connectivity index (χ3n) is 3.16. The zero-order valence-electron chi connectivity index (χ0n) is 13.2. The van der Waals surface area contributed by atoms with Crippen molar-refractivity contribution in [3.8, 4) is 0 Å². The molecular formula is C16H16N2O5. The maximum Gasteiger partial charge on any atom is 0.365 e. The fourth-order valence-corrected chi connectivity index (χ4v) is 1.93. The highest BCUT2D eigenvalue weighted by Crippen LogP contribution is 2.16. The Bertz CT molecular complexity index is 759. The summed E-state index contributed by atoms with van der Waals surface area (Å²) in [7, 11) is 1.24. The highest BCUT2D eigenvalue weighted by Gasteiger charge is 2.23. The lowest BCUT2D eigenvalue weighted by Gasteiger charge is -2.02. The van der Waals surface area contributed by atoms with Crippen molar-refractivity contribution in [1.82, 2.24) is 5.16 Å². The summed E-state index contributed by atoms with van der Waals surface area (Å²) in [5, 5.41) is 7.39. The molecule has 0 spiro atoms. The molecular weight excluding hydrogens is 300 g/mol. The van der Waals surface area contributed by atoms with Crippen LogP contribution in [0.25, 0.3) is 0 Å². The molecule has 0 saturated carbocycles. The fraction of sp³-hybridized carbons (Fsp3) is 0.250. The largest absolute Gasteiger partial charge is 0.464 e. The van der Waals surface area contributed by atoms with Crippen LogP contribution in [0.4, 0.5) is 0 Å². The zero-order valence-corrected chi connectivity index (χ0v) is 13.2. The second-order valence-electron chi connectivity index (χ2n) is 4.88. The van der Waals surface area contributed by atoms with Crippen molar-refractivity contribution in [3.05, 3.63) is 52.4 Å². The predicted octanol–water partition coefficient (Wildman–Crippen LogP) is 2.66. The molecule has 120 valence electrons. The van der Waals surface area contributed by atoms with E-state index in [0.29, 0.717) is 16.9 Å². The Balaban J connectivity index is 2.20. The molecule has 1 aromatic carbocycles. The lowest BCUT2D eigenvalue weighted by Crippen LogP contribution is -2.10. The number of hydrogen-bond donors (Lipinski definition) is 0. The molecule has 1 aromatic heterocycles. The summed E-state index contributed by atoms with van der Waals surface area (Å²) >= 11 is 0. The molecule has 0 radical (unpaired) electrons. The molecule has 7 nitrogen and oxygen atoms in total. The molecule has 0 saturated heterocycles. The van der Waals surface area contributed by atoms with E-state index in [9.17, 15) is 9.59 Å². The number of rotatable bonds is 4. The third-order valence-corrected chi connectivity index (χ3v) is 3.16. The number of benzene rings is 1. The molecule has 7 heteroatoms. The highest BCUT2D eigenvalue weighted by atomic mass is 16.7. The number of aryl methyl sites for hydroxylation is 2. The Morgan fingerprint density at radius 3 is 2.39 bits per heavy atom. The lowest BCUT2D eigenvalue weighted by atomic mass is 10.1. The predicted molar refractivity (Wildman–Crippen MR) is 81.4 cm³/mol. The van der Waals surface area contributed by atoms with Crippen LogP contribution in [-0.4, -0.2) is 29.9 Å². The van der Waals surface area contributed by atoms with Gasteiger partial charge in [-0.1, -0.05) is 28.0 Å². The van der Waals surface area contributed by atoms with Gasteiger partial charge in [-0.3, -0.25) is 0 Å². The van der Waals surface area contributed by atoms with Gasteiger partial charge in [0.1, 0.15) is 5.76 Å². The maximum atomic E-state index is 11.9. The number of carbonyl (C=O) groups is 2. The summed E-state index contributed by atoms with van der Waals surface area (Å²) in [5.41, 5.74) is 2.02. The normalized spacial score (nSPS) is 11.2. The molecule has 0 fully saturated rings. The first-order valence-corrected chi connectivity index (χ1v) is 6.81. The number of hydrogen-bond acceptors (Lipinski definition) is 7. The number of carbonyl (C=O) groups excluding carboxylic acids is 2. The summed E-state index contributed by atoms with van der Waals surface area (Å²) in [6, 6.07) is 6.89. The Morgan fingerprint density at radius 1 is 1.13 bits per heavy atom. The van der Waals surface area contributed by atoms with E-state index >= 15 is 0 Å². The lowest BCUT2D eigenvalue weighted by molar-refractivity contribution is 0.0516. The number of nitrogens with zero attached hydrogens (tertiary/aromatic N) is 2. The number of ether oxygens (including phenoxy) is 1. The van der Waals surface area contributed by atoms with Gasteiger partial charge in [-0.15, -0.1) is 0 Å². The Kier molecular flexibility index (Phi) is 4.90. The van der Waals surface area contributed by atoms with Crippen molar-refractivity contribution in [2.75, 3.05) is 7.11 Å². The molecule has 0 aliphatic rings. The van der Waals surface area contributed by atoms with Crippen LogP contribution in [0.1, 0.15) is 44.7 Å². The van der Waals surface area contributed by atoms with Gasteiger partial charge in [0, 0.05) is 0 Å². The topological polar surface area (TPSA) is 91.0 Å². The molecule has 1 heterocycles. The van der Waals surface area contributed by atoms with Gasteiger partial charge in [0.25, 0.3) is 0 Å². The van der Waals surface area contributed by atoms with Gasteiger partial charge in [0.05, 0.1) is 23.9 Å². The first kappa shape index (κ1) is 16.4. The minimum absolute atomic E-state index is 0.0161. The van der Waals surface area contributed by atoms with Crippen molar-refractivity contribution < 1.29 is 23.7 Å². The van der Waals surface area contributed by atoms with Crippen molar-refractivity contribution >= 4 is 17.7 Å². The Hall–Kier alpha value is -2.96. The SMILES string of the molecule is COC(=O)c1noc(C)c1C(C)=NOC(=O)c1ccc(C)cc1. The van der Waals surface area contributed by atoms with Gasteiger partial charge in [0.2, 0.25) is 5.69 Å². The van der Waals surface area contributed by atoms with Crippen molar-refractivity contribution in [3.63, 3.8) is 0 Å². The van der Waals surface area contributed by atoms with Crippen molar-refractivity contribution in [2.45, 2.75) is 20.8 Å². The summed E-state index contributed by atoms with van der Waals surface area (Å²) < 4.78 is 9.59. The van der Waals surface area contributed by atoms with Gasteiger partial charge < -0.3 is 14.1 Å². The number of oxime groups is 1. The number of methoxy groups -OCH3 is 1. The third kappa shape index (κ3) is 3.63. The van der Waals surface area contributed by atoms with Crippen LogP contribution in [0, 0.1) is 13.8 Å². The van der Waals surface area contributed by atoms with Crippen molar-refractivity contribution in [1.29, 1.82) is 0 Å². The molecule has 2 aromatic rings. The molecule has 0 amide bonds. The smallest absolute Gasteiger partial charge is 0.365 e. The standard InChI is InChI=1S/C16H16N2O5/c1-9-5-7-12(8-6-9)15(19)23-17-10(2)13-11(3)22-18-14(13)16(20)21-4/h5-8H,1-4H3. The average molecular weight is 316 g/mol. The van der Waals surface area contributed by atoms with Crippen LogP contribution in [0.15, 0.2) is 33.9 Å². The summed E-state index contributed by atoms with van der Waals surface area (Å²) in [5.74, 6) is -0.882. The molecule has 0 bridgehead atoms. The second kappa shape index (κ2) is 6.87. The Morgan fingerprint density at radius 2 is 1.78 bits per heavy atom. The quantitative estimate of drug-likeness (QED) is 0.373. The van der Waals surface area contributed by atoms with Crippen LogP contribution in [0.2, 0.25) is 0 Å². The first-order valence-electron chi connectivity index (χ1n) is 6.81. The summed E-state index contributed by atoms with van der Waals surface area (Å²) in [6.07, 6.45) is 0. The van der Waals surface area contributed by atoms with E-state index in [0.717, 1.165) is 5.56 Å². The minimum Gasteiger partial charge on any atom is -0.464 e. The zero-order chi connectivity index (χ0) is 17.0.